The topological polar surface area (TPSA) is 63.6 Å². The summed E-state index contributed by atoms with van der Waals surface area (Å²) < 4.78 is 357. The SMILES string of the molecule is O=S(=O)(O)OC(F)(F)C(F)(F)C(F)(F)C(F)(F)C(F)(F)C(F)(F)C(F)(F)C(F)(F)C(F)(F)C(F)(F)C(F)(F)C(F)(F)F.[H-].[Na+]. The molecule has 256 valence electrons. The standard InChI is InChI=1S/C12HF25O4S.Na.H/c13-1(14,3(17,18)5(21,22)7(25,26)9(29,30)11(33,34)35)2(15,16)4(19,20)6(23,24)8(27,28)10(31,32)12(36,37)41-42(38,39)40;;/h(H,38,39,40);;/q;+1;-1. The maximum absolute atomic E-state index is 13.5. The van der Waals surface area contributed by atoms with Crippen LogP contribution in [-0.2, 0) is 14.6 Å². The van der Waals surface area contributed by atoms with E-state index in [1.807, 2.05) is 0 Å². The Labute approximate surface area is 240 Å². The average Bonchev–Trinajstić information content (AvgIpc) is 2.69. The molecule has 0 saturated carbocycles. The molecular formula is C12H2F25NaO4S. The molecule has 1 N–H and O–H groups in total. The van der Waals surface area contributed by atoms with Crippen molar-refractivity contribution in [2.75, 3.05) is 0 Å². The summed E-state index contributed by atoms with van der Waals surface area (Å²) in [6.45, 7) is 0. The van der Waals surface area contributed by atoms with Gasteiger partial charge in [0.05, 0.1) is 0 Å². The second kappa shape index (κ2) is 10.8. The van der Waals surface area contributed by atoms with Crippen molar-refractivity contribution in [2.45, 2.75) is 71.5 Å². The van der Waals surface area contributed by atoms with Crippen LogP contribution in [0.4, 0.5) is 110 Å². The molecule has 0 amide bonds. The Kier molecular flexibility index (Phi) is 11.2. The van der Waals surface area contributed by atoms with Crippen LogP contribution in [0.2, 0.25) is 0 Å². The average molecular weight is 740 g/mol. The van der Waals surface area contributed by atoms with Gasteiger partial charge in [-0.25, -0.2) is 0 Å². The van der Waals surface area contributed by atoms with Crippen LogP contribution in [0.5, 0.6) is 0 Å². The maximum atomic E-state index is 13.5. The summed E-state index contributed by atoms with van der Waals surface area (Å²) in [7, 11) is -7.29. The van der Waals surface area contributed by atoms with Crippen LogP contribution < -0.4 is 29.6 Å². The monoisotopic (exact) mass is 740 g/mol. The molecule has 0 aromatic carbocycles. The van der Waals surface area contributed by atoms with E-state index in [0.29, 0.717) is 0 Å². The molecule has 0 atom stereocenters. The Balaban J connectivity index is -0.00000840. The maximum Gasteiger partial charge on any atom is 1.00 e. The fraction of sp³-hybridized carbons (Fsp3) is 1.00. The fourth-order valence-corrected chi connectivity index (χ4v) is 2.49. The molecular weight excluding hydrogens is 738 g/mol. The summed E-state index contributed by atoms with van der Waals surface area (Å²) in [5.41, 5.74) is 0. The quantitative estimate of drug-likeness (QED) is 0.183. The molecule has 0 aliphatic rings. The summed E-state index contributed by atoms with van der Waals surface area (Å²) >= 11 is 0. The summed E-state index contributed by atoms with van der Waals surface area (Å²) in [5, 5.41) is 0. The third-order valence-corrected chi connectivity index (χ3v) is 4.90. The van der Waals surface area contributed by atoms with Gasteiger partial charge in [-0.2, -0.15) is 122 Å². The molecule has 0 aliphatic heterocycles. The molecule has 0 bridgehead atoms. The van der Waals surface area contributed by atoms with Gasteiger partial charge in [0.1, 0.15) is 0 Å². The first kappa shape index (κ1) is 44.2. The second-order valence-electron chi connectivity index (χ2n) is 7.27. The predicted octanol–water partition coefficient (Wildman–Crippen LogP) is 4.43. The number of halogens is 25. The molecule has 0 aromatic heterocycles. The van der Waals surface area contributed by atoms with Gasteiger partial charge in [-0.05, 0) is 0 Å². The first-order valence-corrected chi connectivity index (χ1v) is 9.73. The largest absolute Gasteiger partial charge is 1.00 e. The minimum Gasteiger partial charge on any atom is -1.00 e. The molecule has 43 heavy (non-hydrogen) atoms. The Bertz CT molecular complexity index is 1130. The van der Waals surface area contributed by atoms with Crippen LogP contribution in [0.25, 0.3) is 0 Å². The first-order valence-electron chi connectivity index (χ1n) is 8.36. The van der Waals surface area contributed by atoms with E-state index >= 15 is 0 Å². The summed E-state index contributed by atoms with van der Waals surface area (Å²) in [6.07, 6.45) is -16.3. The van der Waals surface area contributed by atoms with Crippen molar-refractivity contribution in [2.24, 2.45) is 0 Å². The van der Waals surface area contributed by atoms with E-state index in [9.17, 15) is 118 Å². The Morgan fingerprint density at radius 1 is 0.372 bits per heavy atom. The van der Waals surface area contributed by atoms with Gasteiger partial charge in [-0.15, -0.1) is 0 Å². The predicted molar refractivity (Wildman–Crippen MR) is 74.2 cm³/mol. The second-order valence-corrected chi connectivity index (χ2v) is 8.29. The van der Waals surface area contributed by atoms with Gasteiger partial charge >= 0.3 is 111 Å². The molecule has 0 aliphatic carbocycles. The van der Waals surface area contributed by atoms with E-state index in [1.165, 1.54) is 4.18 Å². The van der Waals surface area contributed by atoms with Gasteiger partial charge < -0.3 is 1.43 Å². The van der Waals surface area contributed by atoms with Gasteiger partial charge in [-0.3, -0.25) is 4.55 Å². The zero-order chi connectivity index (χ0) is 35.2. The molecule has 0 spiro atoms. The van der Waals surface area contributed by atoms with Crippen molar-refractivity contribution in [3.63, 3.8) is 0 Å². The normalized spacial score (nSPS) is 16.7. The number of rotatable bonds is 12. The Hall–Kier alpha value is -0.880. The minimum atomic E-state index is -9.75. The van der Waals surface area contributed by atoms with Crippen LogP contribution in [-0.4, -0.2) is 84.5 Å². The van der Waals surface area contributed by atoms with Crippen molar-refractivity contribution < 1.29 is 158 Å². The molecule has 0 aromatic rings. The van der Waals surface area contributed by atoms with Crippen LogP contribution in [0.1, 0.15) is 1.43 Å². The molecule has 0 rings (SSSR count). The zero-order valence-electron chi connectivity index (χ0n) is 19.5. The summed E-state index contributed by atoms with van der Waals surface area (Å²) in [6, 6.07) is 0. The van der Waals surface area contributed by atoms with E-state index in [0.717, 1.165) is 0 Å². The van der Waals surface area contributed by atoms with Crippen LogP contribution in [0.3, 0.4) is 0 Å². The molecule has 0 saturated heterocycles. The minimum absolute atomic E-state index is 0. The van der Waals surface area contributed by atoms with Gasteiger partial charge in [0.15, 0.2) is 0 Å². The van der Waals surface area contributed by atoms with Crippen molar-refractivity contribution in [1.82, 2.24) is 0 Å². The third kappa shape index (κ3) is 5.80. The van der Waals surface area contributed by atoms with Crippen molar-refractivity contribution in [3.8, 4) is 0 Å². The number of hydrogen-bond donors (Lipinski definition) is 1. The first-order chi connectivity index (χ1) is 17.5. The zero-order valence-corrected chi connectivity index (χ0v) is 21.3. The van der Waals surface area contributed by atoms with E-state index in [2.05, 4.69) is 0 Å². The van der Waals surface area contributed by atoms with Crippen LogP contribution in [0, 0.1) is 0 Å². The van der Waals surface area contributed by atoms with E-state index in [-0.39, 0.29) is 31.0 Å². The number of alkyl halides is 25. The third-order valence-electron chi connectivity index (χ3n) is 4.48. The van der Waals surface area contributed by atoms with E-state index in [4.69, 9.17) is 4.55 Å². The molecule has 0 fully saturated rings. The smallest absolute Gasteiger partial charge is 1.00 e. The molecule has 31 heteroatoms. The van der Waals surface area contributed by atoms with Gasteiger partial charge in [-0.1, -0.05) is 0 Å². The summed E-state index contributed by atoms with van der Waals surface area (Å²) in [5.74, 6) is -93.8. The van der Waals surface area contributed by atoms with Crippen LogP contribution in [0.15, 0.2) is 0 Å². The van der Waals surface area contributed by atoms with E-state index < -0.39 is 81.9 Å². The Morgan fingerprint density at radius 2 is 0.535 bits per heavy atom. The molecule has 4 nitrogen and oxygen atoms in total. The van der Waals surface area contributed by atoms with Crippen LogP contribution >= 0.6 is 0 Å². The van der Waals surface area contributed by atoms with Crippen molar-refractivity contribution in [3.05, 3.63) is 0 Å². The van der Waals surface area contributed by atoms with Gasteiger partial charge in [0.25, 0.3) is 0 Å². The molecule has 0 radical (unpaired) electrons. The summed E-state index contributed by atoms with van der Waals surface area (Å²) in [4.78, 5) is 0. The molecule has 0 unspecified atom stereocenters. The van der Waals surface area contributed by atoms with Crippen molar-refractivity contribution >= 4 is 10.4 Å². The molecule has 0 heterocycles. The van der Waals surface area contributed by atoms with Gasteiger partial charge in [0, 0.05) is 0 Å². The van der Waals surface area contributed by atoms with Gasteiger partial charge in [0.2, 0.25) is 0 Å². The Morgan fingerprint density at radius 3 is 0.698 bits per heavy atom. The van der Waals surface area contributed by atoms with Crippen molar-refractivity contribution in [1.29, 1.82) is 0 Å². The van der Waals surface area contributed by atoms with E-state index in [1.54, 1.807) is 0 Å². The number of hydrogen-bond acceptors (Lipinski definition) is 3. The fourth-order valence-electron chi connectivity index (χ4n) is 2.12.